The summed E-state index contributed by atoms with van der Waals surface area (Å²) in [5, 5.41) is 10.8. The van der Waals surface area contributed by atoms with E-state index in [0.717, 1.165) is 22.3 Å². The van der Waals surface area contributed by atoms with Gasteiger partial charge in [0, 0.05) is 11.1 Å². The number of benzene rings is 9. The summed E-state index contributed by atoms with van der Waals surface area (Å²) in [6.07, 6.45) is 0. The maximum absolute atomic E-state index is 8.20. The quantitative estimate of drug-likeness (QED) is 0.129. The van der Waals surface area contributed by atoms with Crippen molar-refractivity contribution >= 4 is 22.4 Å². The lowest BCUT2D eigenvalue weighted by atomic mass is 9.67. The van der Waals surface area contributed by atoms with Crippen molar-refractivity contribution in [2.45, 2.75) is 12.3 Å². The monoisotopic (exact) mass is 757 g/mol. The fourth-order valence-electron chi connectivity index (χ4n) is 8.77. The van der Waals surface area contributed by atoms with Gasteiger partial charge in [0.2, 0.25) is 0 Å². The van der Waals surface area contributed by atoms with Crippen molar-refractivity contribution < 1.29 is 0 Å². The molecule has 59 heavy (non-hydrogen) atoms. The van der Waals surface area contributed by atoms with Crippen LogP contribution in [0.4, 0.5) is 0 Å². The first kappa shape index (κ1) is 37.0. The number of hydrogen-bond donors (Lipinski definition) is 2. The highest BCUT2D eigenvalue weighted by Crippen LogP contribution is 2.58. The molecule has 1 aliphatic rings. The Morgan fingerprint density at radius 2 is 0.983 bits per heavy atom. The van der Waals surface area contributed by atoms with Crippen molar-refractivity contribution in [3.05, 3.63) is 263 Å². The van der Waals surface area contributed by atoms with Crippen molar-refractivity contribution in [2.75, 3.05) is 0 Å². The van der Waals surface area contributed by atoms with Gasteiger partial charge in [-0.25, -0.2) is 4.99 Å². The third kappa shape index (κ3) is 6.83. The number of aryl methyl sites for hydroxylation is 1. The van der Waals surface area contributed by atoms with Crippen LogP contribution in [0.25, 0.3) is 44.2 Å². The van der Waals surface area contributed by atoms with E-state index >= 15 is 0 Å². The van der Waals surface area contributed by atoms with Crippen molar-refractivity contribution in [1.29, 1.82) is 5.41 Å². The molecular formula is C56H43N3. The van der Waals surface area contributed by atoms with Crippen LogP contribution in [0.1, 0.15) is 38.9 Å². The zero-order chi connectivity index (χ0) is 40.2. The molecule has 3 N–H and O–H groups in total. The molecule has 0 heterocycles. The Morgan fingerprint density at radius 3 is 1.69 bits per heavy atom. The predicted molar refractivity (Wildman–Crippen MR) is 247 cm³/mol. The lowest BCUT2D eigenvalue weighted by Gasteiger charge is -2.34. The van der Waals surface area contributed by atoms with Crippen LogP contribution >= 0.6 is 0 Å². The molecule has 1 aliphatic carbocycles. The van der Waals surface area contributed by atoms with Gasteiger partial charge in [-0.2, -0.15) is 0 Å². The van der Waals surface area contributed by atoms with Crippen molar-refractivity contribution in [2.24, 2.45) is 10.7 Å². The van der Waals surface area contributed by atoms with E-state index in [1.54, 1.807) is 0 Å². The van der Waals surface area contributed by atoms with E-state index in [0.29, 0.717) is 5.84 Å². The molecule has 3 heteroatoms. The summed E-state index contributed by atoms with van der Waals surface area (Å²) in [5.41, 5.74) is 21.3. The maximum Gasteiger partial charge on any atom is 0.154 e. The minimum Gasteiger partial charge on any atom is -0.383 e. The number of nitrogens with one attached hydrogen (secondary N) is 1. The molecule has 9 aromatic rings. The zero-order valence-corrected chi connectivity index (χ0v) is 32.9. The molecule has 0 saturated heterocycles. The number of hydrogen-bond acceptors (Lipinski definition) is 1. The Bertz CT molecular complexity index is 2910. The average Bonchev–Trinajstić information content (AvgIpc) is 3.62. The smallest absolute Gasteiger partial charge is 0.154 e. The first-order valence-electron chi connectivity index (χ1n) is 20.0. The van der Waals surface area contributed by atoms with E-state index in [1.165, 1.54) is 60.8 Å². The number of nitrogens with zero attached hydrogens (tertiary/aromatic N) is 1. The summed E-state index contributed by atoms with van der Waals surface area (Å²) in [6, 6.07) is 78.5. The Morgan fingerprint density at radius 1 is 0.458 bits per heavy atom. The van der Waals surface area contributed by atoms with E-state index < -0.39 is 0 Å². The topological polar surface area (TPSA) is 62.2 Å². The van der Waals surface area contributed by atoms with Gasteiger partial charge in [-0.3, -0.25) is 5.41 Å². The first-order valence-corrected chi connectivity index (χ1v) is 20.0. The van der Waals surface area contributed by atoms with Crippen LogP contribution in [-0.4, -0.2) is 11.7 Å². The summed E-state index contributed by atoms with van der Waals surface area (Å²) >= 11 is 0. The molecule has 0 aromatic heterocycles. The van der Waals surface area contributed by atoms with E-state index in [-0.39, 0.29) is 11.3 Å². The summed E-state index contributed by atoms with van der Waals surface area (Å²) in [6.45, 7) is 2.26. The van der Waals surface area contributed by atoms with E-state index in [9.17, 15) is 0 Å². The zero-order valence-electron chi connectivity index (χ0n) is 32.9. The third-order valence-electron chi connectivity index (χ3n) is 11.5. The van der Waals surface area contributed by atoms with E-state index in [4.69, 9.17) is 11.1 Å². The SMILES string of the molecule is Cc1c(-c2cccc3c2-c2ccccc2C3(c2ccccc2)c2ccccc2)ccc2ccccc12.N=C(N=C(N)c1ccccc1)c1cccc(-c2ccccc2)c1. The van der Waals surface area contributed by atoms with Gasteiger partial charge in [0.15, 0.2) is 5.84 Å². The third-order valence-corrected chi connectivity index (χ3v) is 11.5. The molecule has 0 fully saturated rings. The van der Waals surface area contributed by atoms with Gasteiger partial charge in [0.1, 0.15) is 5.84 Å². The summed E-state index contributed by atoms with van der Waals surface area (Å²) in [7, 11) is 0. The number of aliphatic imine (C=N–C) groups is 1. The molecule has 9 aromatic carbocycles. The highest BCUT2D eigenvalue weighted by molar-refractivity contribution is 6.10. The van der Waals surface area contributed by atoms with E-state index in [2.05, 4.69) is 151 Å². The van der Waals surface area contributed by atoms with Crippen LogP contribution < -0.4 is 5.73 Å². The van der Waals surface area contributed by atoms with Gasteiger partial charge in [-0.05, 0) is 85.0 Å². The molecule has 0 amide bonds. The van der Waals surface area contributed by atoms with Gasteiger partial charge in [0.05, 0.1) is 5.41 Å². The standard InChI is InChI=1S/C36H26.C20H17N3/c1-25-29-18-9-8-13-26(29)23-24-30(25)31-20-12-22-34-35(31)32-19-10-11-21-33(32)36(34,27-14-4-2-5-15-27)28-16-6-3-7-17-28;21-19(16-10-5-2-6-11-16)23-20(22)18-13-7-12-17(14-18)15-8-3-1-4-9-15/h2-24H,1H3;1-14H,(H3,21,22,23). The fourth-order valence-corrected chi connectivity index (χ4v) is 8.77. The van der Waals surface area contributed by atoms with Crippen LogP contribution in [0.2, 0.25) is 0 Å². The second-order valence-electron chi connectivity index (χ2n) is 14.9. The highest BCUT2D eigenvalue weighted by Gasteiger charge is 2.46. The molecule has 0 atom stereocenters. The second kappa shape index (κ2) is 16.1. The van der Waals surface area contributed by atoms with Crippen LogP contribution in [0.3, 0.4) is 0 Å². The second-order valence-corrected chi connectivity index (χ2v) is 14.9. The average molecular weight is 758 g/mol. The summed E-state index contributed by atoms with van der Waals surface area (Å²) in [5.74, 6) is 0.504. The van der Waals surface area contributed by atoms with Crippen LogP contribution in [0, 0.1) is 12.3 Å². The van der Waals surface area contributed by atoms with Crippen molar-refractivity contribution in [1.82, 2.24) is 0 Å². The molecule has 0 radical (unpaired) electrons. The molecule has 0 aliphatic heterocycles. The Labute approximate surface area is 346 Å². The maximum atomic E-state index is 8.20. The highest BCUT2D eigenvalue weighted by atomic mass is 14.9. The van der Waals surface area contributed by atoms with Crippen LogP contribution in [-0.2, 0) is 5.41 Å². The molecule has 0 spiro atoms. The van der Waals surface area contributed by atoms with Gasteiger partial charge >= 0.3 is 0 Å². The number of amidine groups is 2. The lowest BCUT2D eigenvalue weighted by molar-refractivity contribution is 0.768. The summed E-state index contributed by atoms with van der Waals surface area (Å²) < 4.78 is 0. The fraction of sp³-hybridized carbons (Fsp3) is 0.0357. The summed E-state index contributed by atoms with van der Waals surface area (Å²) in [4.78, 5) is 4.23. The Hall–Kier alpha value is -7.62. The van der Waals surface area contributed by atoms with E-state index in [1.807, 2.05) is 84.9 Å². The molecular weight excluding hydrogens is 715 g/mol. The van der Waals surface area contributed by atoms with Crippen molar-refractivity contribution in [3.63, 3.8) is 0 Å². The van der Waals surface area contributed by atoms with Gasteiger partial charge < -0.3 is 5.73 Å². The van der Waals surface area contributed by atoms with Crippen molar-refractivity contribution in [3.8, 4) is 33.4 Å². The molecule has 282 valence electrons. The molecule has 3 nitrogen and oxygen atoms in total. The minimum absolute atomic E-state index is 0.157. The molecule has 0 unspecified atom stereocenters. The minimum atomic E-state index is -0.366. The molecule has 0 bridgehead atoms. The Kier molecular flexibility index (Phi) is 10.1. The molecule has 0 saturated carbocycles. The lowest BCUT2D eigenvalue weighted by Crippen LogP contribution is -2.28. The Balaban J connectivity index is 0.000000169. The normalized spacial score (nSPS) is 12.5. The molecule has 10 rings (SSSR count). The first-order chi connectivity index (χ1) is 29.0. The van der Waals surface area contributed by atoms with Gasteiger partial charge in [0.25, 0.3) is 0 Å². The number of rotatable bonds is 6. The van der Waals surface area contributed by atoms with Crippen LogP contribution in [0.5, 0.6) is 0 Å². The van der Waals surface area contributed by atoms with Gasteiger partial charge in [-0.1, -0.05) is 218 Å². The largest absolute Gasteiger partial charge is 0.383 e. The van der Waals surface area contributed by atoms with Crippen LogP contribution in [0.15, 0.2) is 229 Å². The number of nitrogens with two attached hydrogens (primary N) is 1. The predicted octanol–water partition coefficient (Wildman–Crippen LogP) is 13.3. The number of fused-ring (bicyclic) bond motifs is 4. The van der Waals surface area contributed by atoms with Gasteiger partial charge in [-0.15, -0.1) is 0 Å².